The highest BCUT2D eigenvalue weighted by Gasteiger charge is 2.06. The molecule has 1 aromatic heterocycles. The number of halogens is 1. The summed E-state index contributed by atoms with van der Waals surface area (Å²) in [4.78, 5) is 8.78. The number of nitrogens with zero attached hydrogens (tertiary/aromatic N) is 2. The first-order chi connectivity index (χ1) is 9.62. The number of benzene rings is 1. The van der Waals surface area contributed by atoms with Crippen molar-refractivity contribution < 1.29 is 0 Å². The number of hydrogen-bond acceptors (Lipinski definition) is 3. The van der Waals surface area contributed by atoms with E-state index in [0.29, 0.717) is 12.6 Å². The average Bonchev–Trinajstić information content (AvgIpc) is 2.84. The Balaban J connectivity index is 2.01. The van der Waals surface area contributed by atoms with Crippen LogP contribution in [0.5, 0.6) is 0 Å². The first kappa shape index (κ1) is 15.1. The largest absolute Gasteiger partial charge is 0.354 e. The van der Waals surface area contributed by atoms with Crippen LogP contribution in [0, 0.1) is 0 Å². The van der Waals surface area contributed by atoms with Crippen LogP contribution < -0.4 is 10.6 Å². The Labute approximate surface area is 128 Å². The summed E-state index contributed by atoms with van der Waals surface area (Å²) in [5.41, 5.74) is 0.948. The van der Waals surface area contributed by atoms with Crippen molar-refractivity contribution >= 4 is 39.1 Å². The smallest absolute Gasteiger partial charge is 0.191 e. The number of aliphatic imine (C=N–C) groups is 1. The van der Waals surface area contributed by atoms with Crippen LogP contribution in [-0.4, -0.2) is 24.0 Å². The number of nitrogens with one attached hydrogen (secondary N) is 2. The second kappa shape index (κ2) is 6.90. The second-order valence-corrected chi connectivity index (χ2v) is 6.15. The predicted molar refractivity (Wildman–Crippen MR) is 87.7 cm³/mol. The van der Waals surface area contributed by atoms with Gasteiger partial charge in [0.1, 0.15) is 5.01 Å². The van der Waals surface area contributed by atoms with Gasteiger partial charge in [0, 0.05) is 18.1 Å². The summed E-state index contributed by atoms with van der Waals surface area (Å²) in [6.07, 6.45) is 1.06. The number of guanidine groups is 1. The van der Waals surface area contributed by atoms with Gasteiger partial charge < -0.3 is 10.6 Å². The molecule has 0 aliphatic rings. The Kier molecular flexibility index (Phi) is 5.20. The van der Waals surface area contributed by atoms with Crippen LogP contribution in [0.1, 0.15) is 25.3 Å². The molecule has 1 atom stereocenters. The predicted octanol–water partition coefficient (Wildman–Crippen LogP) is 3.41. The van der Waals surface area contributed by atoms with Crippen molar-refractivity contribution in [2.75, 3.05) is 7.05 Å². The van der Waals surface area contributed by atoms with E-state index in [4.69, 9.17) is 11.6 Å². The molecule has 108 valence electrons. The van der Waals surface area contributed by atoms with E-state index in [0.717, 1.165) is 32.6 Å². The monoisotopic (exact) mass is 310 g/mol. The molecule has 4 nitrogen and oxygen atoms in total. The molecule has 0 fully saturated rings. The van der Waals surface area contributed by atoms with Crippen LogP contribution in [0.15, 0.2) is 23.2 Å². The van der Waals surface area contributed by atoms with Crippen LogP contribution in [-0.2, 0) is 6.54 Å². The molecule has 0 aliphatic carbocycles. The fourth-order valence-corrected chi connectivity index (χ4v) is 2.77. The maximum absolute atomic E-state index is 5.97. The molecule has 2 rings (SSSR count). The van der Waals surface area contributed by atoms with Gasteiger partial charge in [-0.1, -0.05) is 18.5 Å². The van der Waals surface area contributed by atoms with Crippen LogP contribution >= 0.6 is 22.9 Å². The van der Waals surface area contributed by atoms with Crippen LogP contribution in [0.25, 0.3) is 10.2 Å². The summed E-state index contributed by atoms with van der Waals surface area (Å²) >= 11 is 7.64. The minimum Gasteiger partial charge on any atom is -0.354 e. The molecule has 2 aromatic rings. The van der Waals surface area contributed by atoms with Gasteiger partial charge in [0.15, 0.2) is 5.96 Å². The molecule has 6 heteroatoms. The molecular formula is C14H19ClN4S. The molecule has 2 N–H and O–H groups in total. The molecule has 1 heterocycles. The van der Waals surface area contributed by atoms with E-state index in [1.807, 2.05) is 18.2 Å². The van der Waals surface area contributed by atoms with Crippen molar-refractivity contribution in [2.45, 2.75) is 32.9 Å². The summed E-state index contributed by atoms with van der Waals surface area (Å²) in [6.45, 7) is 4.93. The Hall–Kier alpha value is -1.33. The molecule has 0 saturated heterocycles. The minimum atomic E-state index is 0.398. The van der Waals surface area contributed by atoms with Gasteiger partial charge in [0.2, 0.25) is 0 Å². The lowest BCUT2D eigenvalue weighted by Crippen LogP contribution is -2.41. The number of fused-ring (bicyclic) bond motifs is 1. The topological polar surface area (TPSA) is 49.3 Å². The number of rotatable bonds is 4. The Morgan fingerprint density at radius 2 is 2.30 bits per heavy atom. The third kappa shape index (κ3) is 3.84. The minimum absolute atomic E-state index is 0.398. The van der Waals surface area contributed by atoms with Crippen molar-refractivity contribution in [3.8, 4) is 0 Å². The average molecular weight is 311 g/mol. The summed E-state index contributed by atoms with van der Waals surface area (Å²) in [5.74, 6) is 0.802. The summed E-state index contributed by atoms with van der Waals surface area (Å²) in [5, 5.41) is 8.35. The van der Waals surface area contributed by atoms with Gasteiger partial charge in [-0.15, -0.1) is 11.3 Å². The standard InChI is InChI=1S/C14H19ClN4S/c1-4-9(2)18-14(16-3)17-8-13-19-11-7-10(15)5-6-12(11)20-13/h5-7,9H,4,8H2,1-3H3,(H2,16,17,18). The van der Waals surface area contributed by atoms with E-state index in [1.54, 1.807) is 18.4 Å². The maximum atomic E-state index is 5.97. The molecular weight excluding hydrogens is 292 g/mol. The highest BCUT2D eigenvalue weighted by molar-refractivity contribution is 7.18. The maximum Gasteiger partial charge on any atom is 0.191 e. The highest BCUT2D eigenvalue weighted by atomic mass is 35.5. The van der Waals surface area contributed by atoms with Gasteiger partial charge in [0.25, 0.3) is 0 Å². The van der Waals surface area contributed by atoms with E-state index in [1.165, 1.54) is 0 Å². The molecule has 0 aliphatic heterocycles. The van der Waals surface area contributed by atoms with Gasteiger partial charge in [-0.05, 0) is 31.5 Å². The van der Waals surface area contributed by atoms with Crippen molar-refractivity contribution in [1.82, 2.24) is 15.6 Å². The van der Waals surface area contributed by atoms with Crippen molar-refractivity contribution in [3.63, 3.8) is 0 Å². The third-order valence-corrected chi connectivity index (χ3v) is 4.29. The molecule has 1 aromatic carbocycles. The second-order valence-electron chi connectivity index (χ2n) is 4.60. The van der Waals surface area contributed by atoms with Crippen molar-refractivity contribution in [3.05, 3.63) is 28.2 Å². The number of aromatic nitrogens is 1. The van der Waals surface area contributed by atoms with E-state index in [9.17, 15) is 0 Å². The summed E-state index contributed by atoms with van der Waals surface area (Å²) in [6, 6.07) is 6.19. The molecule has 0 amide bonds. The zero-order valence-corrected chi connectivity index (χ0v) is 13.5. The first-order valence-electron chi connectivity index (χ1n) is 6.64. The Morgan fingerprint density at radius 3 is 3.00 bits per heavy atom. The zero-order chi connectivity index (χ0) is 14.5. The van der Waals surface area contributed by atoms with Crippen molar-refractivity contribution in [2.24, 2.45) is 4.99 Å². The van der Waals surface area contributed by atoms with E-state index in [-0.39, 0.29) is 0 Å². The molecule has 20 heavy (non-hydrogen) atoms. The van der Waals surface area contributed by atoms with E-state index < -0.39 is 0 Å². The van der Waals surface area contributed by atoms with Crippen molar-refractivity contribution in [1.29, 1.82) is 0 Å². The normalized spacial score (nSPS) is 13.5. The Bertz CT molecular complexity index is 608. The molecule has 0 saturated carbocycles. The summed E-state index contributed by atoms with van der Waals surface area (Å²) in [7, 11) is 1.77. The van der Waals surface area contributed by atoms with Crippen LogP contribution in [0.2, 0.25) is 5.02 Å². The fraction of sp³-hybridized carbons (Fsp3) is 0.429. The number of thiazole rings is 1. The van der Waals surface area contributed by atoms with Gasteiger partial charge in [0.05, 0.1) is 16.8 Å². The molecule has 0 spiro atoms. The quantitative estimate of drug-likeness (QED) is 0.672. The third-order valence-electron chi connectivity index (χ3n) is 3.02. The van der Waals surface area contributed by atoms with Crippen LogP contribution in [0.4, 0.5) is 0 Å². The van der Waals surface area contributed by atoms with E-state index >= 15 is 0 Å². The lowest BCUT2D eigenvalue weighted by atomic mass is 10.3. The lowest BCUT2D eigenvalue weighted by molar-refractivity contribution is 0.624. The SMILES string of the molecule is CCC(C)NC(=NC)NCc1nc2cc(Cl)ccc2s1. The van der Waals surface area contributed by atoms with E-state index in [2.05, 4.69) is 34.5 Å². The van der Waals surface area contributed by atoms with Crippen LogP contribution in [0.3, 0.4) is 0 Å². The molecule has 1 unspecified atom stereocenters. The van der Waals surface area contributed by atoms with Gasteiger partial charge in [-0.25, -0.2) is 4.98 Å². The lowest BCUT2D eigenvalue weighted by Gasteiger charge is -2.15. The first-order valence-corrected chi connectivity index (χ1v) is 7.84. The number of hydrogen-bond donors (Lipinski definition) is 2. The fourth-order valence-electron chi connectivity index (χ4n) is 1.71. The Morgan fingerprint density at radius 1 is 1.50 bits per heavy atom. The zero-order valence-electron chi connectivity index (χ0n) is 11.9. The molecule has 0 bridgehead atoms. The highest BCUT2D eigenvalue weighted by Crippen LogP contribution is 2.24. The summed E-state index contributed by atoms with van der Waals surface area (Å²) < 4.78 is 1.15. The van der Waals surface area contributed by atoms with Gasteiger partial charge in [-0.3, -0.25) is 4.99 Å². The van der Waals surface area contributed by atoms with Gasteiger partial charge >= 0.3 is 0 Å². The van der Waals surface area contributed by atoms with Gasteiger partial charge in [-0.2, -0.15) is 0 Å². The molecule has 0 radical (unpaired) electrons.